The fraction of sp³-hybridized carbons (Fsp3) is 0.846. The highest BCUT2D eigenvalue weighted by Crippen LogP contribution is 2.20. The smallest absolute Gasteiger partial charge is 0.246 e. The van der Waals surface area contributed by atoms with Crippen LogP contribution in [0.3, 0.4) is 0 Å². The Morgan fingerprint density at radius 3 is 2.35 bits per heavy atom. The van der Waals surface area contributed by atoms with Gasteiger partial charge in [0.15, 0.2) is 0 Å². The van der Waals surface area contributed by atoms with E-state index in [1.807, 2.05) is 13.8 Å². The summed E-state index contributed by atoms with van der Waals surface area (Å²) in [6.07, 6.45) is 1.62. The molecule has 0 bridgehead atoms. The molecule has 2 amide bonds. The maximum atomic E-state index is 12.3. The van der Waals surface area contributed by atoms with Crippen LogP contribution in [-0.4, -0.2) is 34.8 Å². The van der Waals surface area contributed by atoms with Gasteiger partial charge in [0.25, 0.3) is 0 Å². The normalized spacial score (nSPS) is 27.3. The lowest BCUT2D eigenvalue weighted by atomic mass is 9.97. The van der Waals surface area contributed by atoms with Gasteiger partial charge in [-0.25, -0.2) is 0 Å². The van der Waals surface area contributed by atoms with Crippen LogP contribution < -0.4 is 5.32 Å². The first-order valence-corrected chi connectivity index (χ1v) is 6.52. The van der Waals surface area contributed by atoms with E-state index < -0.39 is 0 Å². The van der Waals surface area contributed by atoms with Gasteiger partial charge in [-0.1, -0.05) is 27.2 Å². The molecule has 1 fully saturated rings. The Kier molecular flexibility index (Phi) is 4.54. The first-order valence-electron chi connectivity index (χ1n) is 6.52. The number of carbonyl (C=O) groups excluding carboxylic acids is 2. The van der Waals surface area contributed by atoms with Crippen LogP contribution in [0.1, 0.15) is 47.5 Å². The van der Waals surface area contributed by atoms with Crippen LogP contribution in [0.5, 0.6) is 0 Å². The predicted molar refractivity (Wildman–Crippen MR) is 67.4 cm³/mol. The monoisotopic (exact) mass is 240 g/mol. The molecule has 0 aliphatic carbocycles. The van der Waals surface area contributed by atoms with Crippen LogP contribution in [0.25, 0.3) is 0 Å². The summed E-state index contributed by atoms with van der Waals surface area (Å²) < 4.78 is 0. The van der Waals surface area contributed by atoms with Gasteiger partial charge >= 0.3 is 0 Å². The molecule has 1 heterocycles. The van der Waals surface area contributed by atoms with Crippen molar-refractivity contribution in [1.82, 2.24) is 10.2 Å². The molecule has 4 heteroatoms. The van der Waals surface area contributed by atoms with E-state index in [9.17, 15) is 9.59 Å². The molecule has 1 N–H and O–H groups in total. The van der Waals surface area contributed by atoms with Crippen molar-refractivity contribution >= 4 is 11.8 Å². The average molecular weight is 240 g/mol. The van der Waals surface area contributed by atoms with Crippen LogP contribution >= 0.6 is 0 Å². The van der Waals surface area contributed by atoms with Gasteiger partial charge in [-0.3, -0.25) is 9.59 Å². The fourth-order valence-corrected chi connectivity index (χ4v) is 2.21. The maximum Gasteiger partial charge on any atom is 0.246 e. The number of rotatable bonds is 4. The molecule has 0 radical (unpaired) electrons. The van der Waals surface area contributed by atoms with Gasteiger partial charge in [0.05, 0.1) is 0 Å². The van der Waals surface area contributed by atoms with E-state index >= 15 is 0 Å². The Labute approximate surface area is 104 Å². The highest BCUT2D eigenvalue weighted by molar-refractivity contribution is 5.96. The third kappa shape index (κ3) is 2.79. The molecule has 17 heavy (non-hydrogen) atoms. The minimum absolute atomic E-state index is 0.0319. The van der Waals surface area contributed by atoms with Gasteiger partial charge in [-0.2, -0.15) is 0 Å². The van der Waals surface area contributed by atoms with Gasteiger partial charge in [-0.05, 0) is 26.2 Å². The summed E-state index contributed by atoms with van der Waals surface area (Å²) in [7, 11) is 0. The second kappa shape index (κ2) is 5.52. The average Bonchev–Trinajstić information content (AvgIpc) is 2.26. The summed E-state index contributed by atoms with van der Waals surface area (Å²) in [5.74, 6) is 0.394. The van der Waals surface area contributed by atoms with Crippen LogP contribution in [-0.2, 0) is 9.59 Å². The van der Waals surface area contributed by atoms with E-state index in [1.54, 1.807) is 11.8 Å². The Hall–Kier alpha value is -1.06. The molecule has 1 saturated heterocycles. The SMILES string of the molecule is CCCC1NC(=O)C(C)N(C(C)C(C)C)C1=O. The summed E-state index contributed by atoms with van der Waals surface area (Å²) in [5.41, 5.74) is 0. The molecule has 98 valence electrons. The highest BCUT2D eigenvalue weighted by Gasteiger charge is 2.40. The number of carbonyl (C=O) groups is 2. The quantitative estimate of drug-likeness (QED) is 0.810. The molecule has 0 aromatic carbocycles. The zero-order chi connectivity index (χ0) is 13.2. The molecule has 1 aliphatic heterocycles. The summed E-state index contributed by atoms with van der Waals surface area (Å²) in [4.78, 5) is 25.9. The van der Waals surface area contributed by atoms with Crippen LogP contribution in [0, 0.1) is 5.92 Å². The van der Waals surface area contributed by atoms with Gasteiger partial charge in [-0.15, -0.1) is 0 Å². The molecule has 0 aromatic heterocycles. The van der Waals surface area contributed by atoms with Crippen molar-refractivity contribution in [3.05, 3.63) is 0 Å². The van der Waals surface area contributed by atoms with E-state index in [-0.39, 0.29) is 29.9 Å². The third-order valence-electron chi connectivity index (χ3n) is 3.65. The molecule has 1 rings (SSSR count). The van der Waals surface area contributed by atoms with Crippen molar-refractivity contribution in [3.8, 4) is 0 Å². The topological polar surface area (TPSA) is 49.4 Å². The van der Waals surface area contributed by atoms with E-state index in [0.29, 0.717) is 5.92 Å². The molecule has 0 saturated carbocycles. The van der Waals surface area contributed by atoms with Crippen molar-refractivity contribution in [1.29, 1.82) is 0 Å². The Morgan fingerprint density at radius 2 is 1.88 bits per heavy atom. The molecule has 1 aliphatic rings. The standard InChI is InChI=1S/C13H24N2O2/c1-6-7-11-13(17)15(9(4)8(2)3)10(5)12(16)14-11/h8-11H,6-7H2,1-5H3,(H,14,16). The fourth-order valence-electron chi connectivity index (χ4n) is 2.21. The zero-order valence-electron chi connectivity index (χ0n) is 11.5. The first-order chi connectivity index (χ1) is 7.90. The van der Waals surface area contributed by atoms with Crippen LogP contribution in [0.2, 0.25) is 0 Å². The maximum absolute atomic E-state index is 12.3. The van der Waals surface area contributed by atoms with Gasteiger partial charge < -0.3 is 10.2 Å². The van der Waals surface area contributed by atoms with Crippen molar-refractivity contribution in [2.45, 2.75) is 65.6 Å². The van der Waals surface area contributed by atoms with Crippen molar-refractivity contribution in [2.75, 3.05) is 0 Å². The van der Waals surface area contributed by atoms with Gasteiger partial charge in [0, 0.05) is 6.04 Å². The molecule has 3 atom stereocenters. The Bertz CT molecular complexity index is 302. The predicted octanol–water partition coefficient (Wildman–Crippen LogP) is 1.55. The molecule has 0 spiro atoms. The van der Waals surface area contributed by atoms with E-state index in [0.717, 1.165) is 12.8 Å². The minimum Gasteiger partial charge on any atom is -0.343 e. The molecule has 3 unspecified atom stereocenters. The summed E-state index contributed by atoms with van der Waals surface area (Å²) in [5, 5.41) is 2.81. The molecular formula is C13H24N2O2. The second-order valence-electron chi connectivity index (χ2n) is 5.26. The molecule has 4 nitrogen and oxygen atoms in total. The van der Waals surface area contributed by atoms with Crippen molar-refractivity contribution in [3.63, 3.8) is 0 Å². The van der Waals surface area contributed by atoms with Gasteiger partial charge in [0.1, 0.15) is 12.1 Å². The van der Waals surface area contributed by atoms with Gasteiger partial charge in [0.2, 0.25) is 11.8 Å². The van der Waals surface area contributed by atoms with Crippen LogP contribution in [0.4, 0.5) is 0 Å². The number of amides is 2. The number of nitrogens with zero attached hydrogens (tertiary/aromatic N) is 1. The van der Waals surface area contributed by atoms with Crippen LogP contribution in [0.15, 0.2) is 0 Å². The lowest BCUT2D eigenvalue weighted by Gasteiger charge is -2.42. The van der Waals surface area contributed by atoms with Crippen molar-refractivity contribution in [2.24, 2.45) is 5.92 Å². The second-order valence-corrected chi connectivity index (χ2v) is 5.26. The third-order valence-corrected chi connectivity index (χ3v) is 3.65. The zero-order valence-corrected chi connectivity index (χ0v) is 11.5. The number of hydrogen-bond donors (Lipinski definition) is 1. The lowest BCUT2D eigenvalue weighted by Crippen LogP contribution is -2.65. The Morgan fingerprint density at radius 1 is 1.29 bits per heavy atom. The largest absolute Gasteiger partial charge is 0.343 e. The van der Waals surface area contributed by atoms with Crippen molar-refractivity contribution < 1.29 is 9.59 Å². The first kappa shape index (κ1) is 14.0. The lowest BCUT2D eigenvalue weighted by molar-refractivity contribution is -0.152. The number of nitrogens with one attached hydrogen (secondary N) is 1. The Balaban J connectivity index is 2.91. The summed E-state index contributed by atoms with van der Waals surface area (Å²) in [6.45, 7) is 9.99. The number of hydrogen-bond acceptors (Lipinski definition) is 2. The number of piperazine rings is 1. The molecule has 0 aromatic rings. The van der Waals surface area contributed by atoms with E-state index in [4.69, 9.17) is 0 Å². The minimum atomic E-state index is -0.354. The summed E-state index contributed by atoms with van der Waals surface area (Å²) >= 11 is 0. The molecular weight excluding hydrogens is 216 g/mol. The summed E-state index contributed by atoms with van der Waals surface area (Å²) in [6, 6.07) is -0.583. The van der Waals surface area contributed by atoms with E-state index in [2.05, 4.69) is 19.2 Å². The highest BCUT2D eigenvalue weighted by atomic mass is 16.2. The van der Waals surface area contributed by atoms with E-state index in [1.165, 1.54) is 0 Å².